The minimum Gasteiger partial charge on any atom is -0.496 e. The average Bonchev–Trinajstić information content (AvgIpc) is 0.841. The van der Waals surface area contributed by atoms with Gasteiger partial charge in [0.2, 0.25) is 0 Å². The Balaban J connectivity index is 0.478. The molecule has 22 heteroatoms. The van der Waals surface area contributed by atoms with E-state index in [1.807, 2.05) is 182 Å². The van der Waals surface area contributed by atoms with Crippen molar-refractivity contribution in [2.45, 2.75) is 0 Å². The lowest BCUT2D eigenvalue weighted by molar-refractivity contribution is 0.00503. The van der Waals surface area contributed by atoms with Gasteiger partial charge in [-0.05, 0) is 60.7 Å². The van der Waals surface area contributed by atoms with E-state index >= 15 is 0 Å². The quantitative estimate of drug-likeness (QED) is 0.0325. The Morgan fingerprint density at radius 2 is 0.236 bits per heavy atom. The number of hydrogen-bond donors (Lipinski definition) is 0. The van der Waals surface area contributed by atoms with Crippen LogP contribution in [0.25, 0.3) is 53.9 Å². The van der Waals surface area contributed by atoms with Crippen molar-refractivity contribution in [2.24, 2.45) is 0 Å². The van der Waals surface area contributed by atoms with Crippen LogP contribution in [0.15, 0.2) is 182 Å². The van der Waals surface area contributed by atoms with E-state index in [0.29, 0.717) is 211 Å². The summed E-state index contributed by atoms with van der Waals surface area (Å²) in [6.07, 6.45) is 0. The minimum absolute atomic E-state index is 0.383. The second-order valence-electron chi connectivity index (χ2n) is 23.6. The molecule has 10 aromatic rings. The van der Waals surface area contributed by atoms with Crippen LogP contribution >= 0.6 is 0 Å². The minimum atomic E-state index is 0.383. The fraction of sp³-hybridized carbons (Fsp3) is 0.405. The first-order chi connectivity index (χ1) is 52.7. The molecule has 0 N–H and O–H groups in total. The zero-order valence-corrected chi connectivity index (χ0v) is 60.9. The van der Waals surface area contributed by atoms with Crippen LogP contribution in [0.2, 0.25) is 0 Å². The number of methoxy groups -OCH3 is 2. The third kappa shape index (κ3) is 26.2. The van der Waals surface area contributed by atoms with Gasteiger partial charge >= 0.3 is 0 Å². The maximum atomic E-state index is 6.13. The van der Waals surface area contributed by atoms with Crippen LogP contribution in [0.3, 0.4) is 0 Å². The molecule has 10 rings (SSSR count). The molecule has 0 aliphatic heterocycles. The van der Waals surface area contributed by atoms with E-state index in [0.717, 1.165) is 111 Å². The van der Waals surface area contributed by atoms with Crippen molar-refractivity contribution < 1.29 is 104 Å². The smallest absolute Gasteiger partial charge is 0.127 e. The molecule has 0 heterocycles. The number of fused-ring (bicyclic) bond motifs is 5. The molecule has 0 fully saturated rings. The molecule has 10 aromatic carbocycles. The van der Waals surface area contributed by atoms with Gasteiger partial charge in [-0.1, -0.05) is 121 Å². The molecule has 0 amide bonds. The van der Waals surface area contributed by atoms with Crippen LogP contribution in [-0.2, 0) is 56.8 Å². The Morgan fingerprint density at radius 3 is 0.358 bits per heavy atom. The van der Waals surface area contributed by atoms with E-state index in [1.54, 1.807) is 14.2 Å². The van der Waals surface area contributed by atoms with Gasteiger partial charge in [0, 0.05) is 53.9 Å². The van der Waals surface area contributed by atoms with E-state index in [-0.39, 0.29) is 0 Å². The summed E-state index contributed by atoms with van der Waals surface area (Å²) < 4.78 is 128. The molecule has 0 aliphatic carbocycles. The van der Waals surface area contributed by atoms with Crippen LogP contribution in [-0.4, -0.2) is 226 Å². The van der Waals surface area contributed by atoms with Crippen molar-refractivity contribution in [3.8, 4) is 57.5 Å². The molecule has 0 saturated carbocycles. The molecule has 0 spiro atoms. The molecular weight excluding hydrogens is 1360 g/mol. The molecule has 22 nitrogen and oxygen atoms in total. The van der Waals surface area contributed by atoms with Gasteiger partial charge in [0.05, 0.1) is 173 Å². The maximum Gasteiger partial charge on any atom is 0.127 e. The van der Waals surface area contributed by atoms with Gasteiger partial charge in [0.15, 0.2) is 0 Å². The molecule has 0 atom stereocenters. The van der Waals surface area contributed by atoms with Crippen LogP contribution < -0.4 is 47.4 Å². The molecule has 0 saturated heterocycles. The fourth-order valence-electron chi connectivity index (χ4n) is 11.5. The van der Waals surface area contributed by atoms with Crippen molar-refractivity contribution in [2.75, 3.05) is 226 Å². The molecule has 0 bridgehead atoms. The van der Waals surface area contributed by atoms with Gasteiger partial charge in [0.25, 0.3) is 0 Å². The van der Waals surface area contributed by atoms with Crippen LogP contribution in [0.1, 0.15) is 0 Å². The Hall–Kier alpha value is -8.98. The topological polar surface area (TPSA) is 203 Å². The number of hydrogen-bond acceptors (Lipinski definition) is 22. The van der Waals surface area contributed by atoms with Crippen LogP contribution in [0, 0.1) is 0 Å². The first kappa shape index (κ1) is 79.6. The Bertz CT molecular complexity index is 3860. The fourth-order valence-corrected chi connectivity index (χ4v) is 11.5. The van der Waals surface area contributed by atoms with Gasteiger partial charge in [0.1, 0.15) is 110 Å². The van der Waals surface area contributed by atoms with Crippen molar-refractivity contribution in [3.63, 3.8) is 0 Å². The highest BCUT2D eigenvalue weighted by Gasteiger charge is 2.14. The first-order valence-corrected chi connectivity index (χ1v) is 36.3. The van der Waals surface area contributed by atoms with Gasteiger partial charge in [-0.25, -0.2) is 0 Å². The monoisotopic (exact) mass is 1460 g/mol. The van der Waals surface area contributed by atoms with E-state index in [4.69, 9.17) is 104 Å². The summed E-state index contributed by atoms with van der Waals surface area (Å²) >= 11 is 0. The third-order valence-corrected chi connectivity index (χ3v) is 16.5. The lowest BCUT2D eigenvalue weighted by atomic mass is 10.1. The summed E-state index contributed by atoms with van der Waals surface area (Å²) in [5, 5.41) is 9.76. The molecule has 0 aliphatic rings. The van der Waals surface area contributed by atoms with Crippen LogP contribution in [0.5, 0.6) is 57.5 Å². The standard InChI is InChI=1S/C84H100O22/c1-85-75-23-3-15-67-65(75)13-5-25-77(67)99-57-49-91-41-33-87-35-43-93-51-59-101-79-27-7-19-71-69(79)17-9-29-81(71)103-61-53-95-45-37-89-39-47-97-55-63-105-83-31-11-22-74-73(83)21-12-32-84(74)106-64-56-98-48-40-90-38-46-96-54-62-104-82-30-10-18-70-72(82)20-8-28-80(70)102-60-52-94-44-36-88-34-42-92-50-58-100-78-26-6-14-66-68(78)16-4-24-76(66)86-2/h3-32H,33-64H2,1-2H3. The van der Waals surface area contributed by atoms with Gasteiger partial charge in [-0.15, -0.1) is 0 Å². The summed E-state index contributed by atoms with van der Waals surface area (Å²) in [6.45, 7) is 13.8. The van der Waals surface area contributed by atoms with Crippen molar-refractivity contribution in [1.82, 2.24) is 0 Å². The molecule has 106 heavy (non-hydrogen) atoms. The highest BCUT2D eigenvalue weighted by Crippen LogP contribution is 2.37. The Kier molecular flexibility index (Phi) is 35.7. The second-order valence-corrected chi connectivity index (χ2v) is 23.6. The number of benzene rings is 10. The van der Waals surface area contributed by atoms with Gasteiger partial charge < -0.3 is 104 Å². The predicted molar refractivity (Wildman–Crippen MR) is 407 cm³/mol. The zero-order chi connectivity index (χ0) is 72.9. The second kappa shape index (κ2) is 47.6. The summed E-state index contributed by atoms with van der Waals surface area (Å²) in [4.78, 5) is 0. The normalized spacial score (nSPS) is 11.5. The molecular formula is C84H100O22. The third-order valence-electron chi connectivity index (χ3n) is 16.5. The Labute approximate surface area is 620 Å². The highest BCUT2D eigenvalue weighted by atomic mass is 16.6. The molecule has 0 radical (unpaired) electrons. The molecule has 0 unspecified atom stereocenters. The van der Waals surface area contributed by atoms with E-state index in [9.17, 15) is 0 Å². The summed E-state index contributed by atoms with van der Waals surface area (Å²) in [6, 6.07) is 59.2. The SMILES string of the molecule is COc1cccc2c(OCCOCCOCCOCCOc3cccc4c(OCCOCCOCCOCCOc5cccc6c(OCCOCCOCCOCCOc7cccc8c(OCCOCCOCCOCCOc9cccc%10c(OC)cccc9%10)cccc78)cccc56)cccc34)cccc12. The van der Waals surface area contributed by atoms with Gasteiger partial charge in [-0.3, -0.25) is 0 Å². The van der Waals surface area contributed by atoms with E-state index in [2.05, 4.69) is 0 Å². The number of rotatable bonds is 58. The first-order valence-electron chi connectivity index (χ1n) is 36.3. The van der Waals surface area contributed by atoms with Gasteiger partial charge in [-0.2, -0.15) is 0 Å². The maximum absolute atomic E-state index is 6.13. The molecule has 568 valence electrons. The van der Waals surface area contributed by atoms with E-state index in [1.165, 1.54) is 0 Å². The predicted octanol–water partition coefficient (Wildman–Crippen LogP) is 13.5. The lowest BCUT2D eigenvalue weighted by Crippen LogP contribution is -2.14. The van der Waals surface area contributed by atoms with Crippen molar-refractivity contribution in [1.29, 1.82) is 0 Å². The Morgan fingerprint density at radius 1 is 0.132 bits per heavy atom. The van der Waals surface area contributed by atoms with E-state index < -0.39 is 0 Å². The molecule has 0 aromatic heterocycles. The lowest BCUT2D eigenvalue weighted by Gasteiger charge is -2.14. The average molecular weight is 1460 g/mol. The highest BCUT2D eigenvalue weighted by molar-refractivity contribution is 5.96. The van der Waals surface area contributed by atoms with Crippen LogP contribution in [0.4, 0.5) is 0 Å². The number of ether oxygens (including phenoxy) is 22. The zero-order valence-electron chi connectivity index (χ0n) is 60.9. The van der Waals surface area contributed by atoms with Crippen molar-refractivity contribution in [3.05, 3.63) is 182 Å². The van der Waals surface area contributed by atoms with Crippen molar-refractivity contribution >= 4 is 53.9 Å². The summed E-state index contributed by atoms with van der Waals surface area (Å²) in [5.41, 5.74) is 0. The largest absolute Gasteiger partial charge is 0.496 e. The summed E-state index contributed by atoms with van der Waals surface area (Å²) in [7, 11) is 3.34. The summed E-state index contributed by atoms with van der Waals surface area (Å²) in [5.74, 6) is 7.77.